The van der Waals surface area contributed by atoms with E-state index in [9.17, 15) is 9.59 Å². The van der Waals surface area contributed by atoms with Crippen LogP contribution in [0.2, 0.25) is 0 Å². The Morgan fingerprint density at radius 1 is 1.06 bits per heavy atom. The lowest BCUT2D eigenvalue weighted by Crippen LogP contribution is -2.41. The Balaban J connectivity index is 1.47. The molecule has 2 saturated heterocycles. The smallest absolute Gasteiger partial charge is 0.410 e. The maximum atomic E-state index is 13.6. The Labute approximate surface area is 212 Å². The highest BCUT2D eigenvalue weighted by atomic mass is 32.2. The molecule has 0 unspecified atom stereocenters. The minimum atomic E-state index is -0.533. The summed E-state index contributed by atoms with van der Waals surface area (Å²) in [6.07, 6.45) is 1.29. The average molecular weight is 497 g/mol. The second kappa shape index (κ2) is 11.1. The Bertz CT molecular complexity index is 995. The van der Waals surface area contributed by atoms with Crippen LogP contribution in [0.25, 0.3) is 0 Å². The SMILES string of the molecule is C[C@@H]1ON(Cc2ccccc2)[C@H](c2ccccc2)[C@H]1C(=O)SC[C@@H]1CCCN1C(=O)OC(C)(C)C. The maximum absolute atomic E-state index is 13.6. The van der Waals surface area contributed by atoms with Gasteiger partial charge in [0.15, 0.2) is 5.12 Å². The molecule has 0 aliphatic carbocycles. The first-order chi connectivity index (χ1) is 16.7. The lowest BCUT2D eigenvalue weighted by Gasteiger charge is -2.29. The van der Waals surface area contributed by atoms with Crippen LogP contribution in [0, 0.1) is 5.92 Å². The first kappa shape index (κ1) is 25.7. The van der Waals surface area contributed by atoms with Gasteiger partial charge in [-0.1, -0.05) is 72.4 Å². The summed E-state index contributed by atoms with van der Waals surface area (Å²) in [7, 11) is 0. The molecule has 0 N–H and O–H groups in total. The summed E-state index contributed by atoms with van der Waals surface area (Å²) in [5, 5.41) is 2.07. The molecule has 4 rings (SSSR count). The van der Waals surface area contributed by atoms with Crippen molar-refractivity contribution in [3.63, 3.8) is 0 Å². The quantitative estimate of drug-likeness (QED) is 0.501. The van der Waals surface area contributed by atoms with Gasteiger partial charge in [0.1, 0.15) is 5.60 Å². The minimum absolute atomic E-state index is 0.00650. The van der Waals surface area contributed by atoms with Crippen molar-refractivity contribution in [2.24, 2.45) is 5.92 Å². The number of carbonyl (C=O) groups excluding carboxylic acids is 2. The van der Waals surface area contributed by atoms with Crippen molar-refractivity contribution in [2.75, 3.05) is 12.3 Å². The number of thioether (sulfide) groups is 1. The van der Waals surface area contributed by atoms with Crippen LogP contribution >= 0.6 is 11.8 Å². The van der Waals surface area contributed by atoms with Crippen molar-refractivity contribution in [3.05, 3.63) is 71.8 Å². The Kier molecular flexibility index (Phi) is 8.19. The molecule has 0 spiro atoms. The molecule has 0 aromatic heterocycles. The van der Waals surface area contributed by atoms with Gasteiger partial charge in [-0.05, 0) is 51.7 Å². The number of hydrogen-bond donors (Lipinski definition) is 0. The van der Waals surface area contributed by atoms with E-state index in [1.807, 2.05) is 69.2 Å². The van der Waals surface area contributed by atoms with Crippen LogP contribution in [0.5, 0.6) is 0 Å². The van der Waals surface area contributed by atoms with Crippen LogP contribution in [0.1, 0.15) is 57.7 Å². The lowest BCUT2D eigenvalue weighted by atomic mass is 9.91. The molecule has 188 valence electrons. The Morgan fingerprint density at radius 3 is 2.37 bits per heavy atom. The number of rotatable bonds is 6. The second-order valence-electron chi connectivity index (χ2n) is 10.4. The highest BCUT2D eigenvalue weighted by Crippen LogP contribution is 2.43. The molecule has 2 fully saturated rings. The van der Waals surface area contributed by atoms with Crippen molar-refractivity contribution >= 4 is 23.0 Å². The fourth-order valence-electron chi connectivity index (χ4n) is 4.87. The fourth-order valence-corrected chi connectivity index (χ4v) is 6.08. The molecule has 0 bridgehead atoms. The van der Waals surface area contributed by atoms with Crippen LogP contribution in [0.4, 0.5) is 4.79 Å². The van der Waals surface area contributed by atoms with E-state index in [4.69, 9.17) is 9.57 Å². The molecule has 0 radical (unpaired) electrons. The summed E-state index contributed by atoms with van der Waals surface area (Å²) in [6, 6.07) is 20.1. The van der Waals surface area contributed by atoms with E-state index in [-0.39, 0.29) is 35.3 Å². The average Bonchev–Trinajstić information content (AvgIpc) is 3.42. The summed E-state index contributed by atoms with van der Waals surface area (Å²) in [4.78, 5) is 34.3. The van der Waals surface area contributed by atoms with E-state index < -0.39 is 5.60 Å². The summed E-state index contributed by atoms with van der Waals surface area (Å²) < 4.78 is 5.59. The topological polar surface area (TPSA) is 59.1 Å². The number of likely N-dealkylation sites (tertiary alicyclic amines) is 1. The van der Waals surface area contributed by atoms with E-state index in [0.29, 0.717) is 18.8 Å². The molecule has 35 heavy (non-hydrogen) atoms. The van der Waals surface area contributed by atoms with Gasteiger partial charge >= 0.3 is 6.09 Å². The number of benzene rings is 2. The van der Waals surface area contributed by atoms with E-state index in [2.05, 4.69) is 24.3 Å². The first-order valence-corrected chi connectivity index (χ1v) is 13.4. The lowest BCUT2D eigenvalue weighted by molar-refractivity contribution is -0.166. The van der Waals surface area contributed by atoms with Gasteiger partial charge in [-0.2, -0.15) is 5.06 Å². The summed E-state index contributed by atoms with van der Waals surface area (Å²) >= 11 is 1.33. The third kappa shape index (κ3) is 6.46. The normalized spacial score (nSPS) is 25.1. The van der Waals surface area contributed by atoms with Gasteiger partial charge in [0.05, 0.1) is 18.1 Å². The summed E-state index contributed by atoms with van der Waals surface area (Å²) in [5.41, 5.74) is 1.68. The van der Waals surface area contributed by atoms with Gasteiger partial charge < -0.3 is 9.64 Å². The van der Waals surface area contributed by atoms with E-state index in [1.54, 1.807) is 4.90 Å². The number of hydroxylamine groups is 2. The number of amides is 1. The van der Waals surface area contributed by atoms with Gasteiger partial charge in [-0.15, -0.1) is 0 Å². The van der Waals surface area contributed by atoms with Gasteiger partial charge in [0.25, 0.3) is 0 Å². The second-order valence-corrected chi connectivity index (χ2v) is 11.4. The standard InChI is InChI=1S/C28H36N2O4S/c1-20-24(26(31)35-19-23-16-11-17-29(23)27(32)33-28(2,3)4)25(22-14-9-6-10-15-22)30(34-20)18-21-12-7-5-8-13-21/h5-10,12-15,20,23-25H,11,16-19H2,1-4H3/t20-,23-,24-,25+/m0/s1. The number of carbonyl (C=O) groups is 2. The molecular formula is C28H36N2O4S. The zero-order valence-corrected chi connectivity index (χ0v) is 21.9. The molecule has 2 aliphatic rings. The molecular weight excluding hydrogens is 460 g/mol. The Morgan fingerprint density at radius 2 is 1.71 bits per heavy atom. The van der Waals surface area contributed by atoms with Crippen LogP contribution in [0.15, 0.2) is 60.7 Å². The molecule has 7 heteroatoms. The molecule has 0 saturated carbocycles. The maximum Gasteiger partial charge on any atom is 0.410 e. The number of ether oxygens (including phenoxy) is 1. The predicted octanol–water partition coefficient (Wildman–Crippen LogP) is 5.84. The molecule has 4 atom stereocenters. The fraction of sp³-hybridized carbons (Fsp3) is 0.500. The molecule has 2 aromatic carbocycles. The van der Waals surface area contributed by atoms with Gasteiger partial charge in [-0.3, -0.25) is 9.63 Å². The van der Waals surface area contributed by atoms with Crippen molar-refractivity contribution in [3.8, 4) is 0 Å². The van der Waals surface area contributed by atoms with E-state index in [1.165, 1.54) is 11.8 Å². The van der Waals surface area contributed by atoms with Crippen molar-refractivity contribution in [1.82, 2.24) is 9.96 Å². The minimum Gasteiger partial charge on any atom is -0.444 e. The summed E-state index contributed by atoms with van der Waals surface area (Å²) in [5.74, 6) is 0.268. The van der Waals surface area contributed by atoms with Crippen LogP contribution < -0.4 is 0 Å². The highest BCUT2D eigenvalue weighted by Gasteiger charge is 2.46. The van der Waals surface area contributed by atoms with Crippen molar-refractivity contribution in [1.29, 1.82) is 0 Å². The van der Waals surface area contributed by atoms with E-state index in [0.717, 1.165) is 24.0 Å². The third-order valence-corrected chi connectivity index (χ3v) is 7.58. The number of nitrogens with zero attached hydrogens (tertiary/aromatic N) is 2. The molecule has 2 aromatic rings. The zero-order chi connectivity index (χ0) is 25.0. The third-order valence-electron chi connectivity index (χ3n) is 6.48. The molecule has 6 nitrogen and oxygen atoms in total. The Hall–Kier alpha value is -2.35. The van der Waals surface area contributed by atoms with Gasteiger partial charge in [0.2, 0.25) is 0 Å². The van der Waals surface area contributed by atoms with Crippen LogP contribution in [-0.4, -0.2) is 51.2 Å². The first-order valence-electron chi connectivity index (χ1n) is 12.4. The highest BCUT2D eigenvalue weighted by molar-refractivity contribution is 8.13. The zero-order valence-electron chi connectivity index (χ0n) is 21.1. The van der Waals surface area contributed by atoms with E-state index >= 15 is 0 Å². The monoisotopic (exact) mass is 496 g/mol. The van der Waals surface area contributed by atoms with Crippen molar-refractivity contribution in [2.45, 2.75) is 70.9 Å². The largest absolute Gasteiger partial charge is 0.444 e. The molecule has 2 aliphatic heterocycles. The number of hydrogen-bond acceptors (Lipinski definition) is 6. The predicted molar refractivity (Wildman–Crippen MR) is 139 cm³/mol. The van der Waals surface area contributed by atoms with Gasteiger partial charge in [-0.25, -0.2) is 4.79 Å². The van der Waals surface area contributed by atoms with Crippen molar-refractivity contribution < 1.29 is 19.2 Å². The van der Waals surface area contributed by atoms with Gasteiger partial charge in [0, 0.05) is 24.9 Å². The summed E-state index contributed by atoms with van der Waals surface area (Å²) in [6.45, 7) is 8.89. The molecule has 2 heterocycles. The van der Waals surface area contributed by atoms with Crippen LogP contribution in [-0.2, 0) is 20.9 Å². The van der Waals surface area contributed by atoms with Crippen LogP contribution in [0.3, 0.4) is 0 Å². The molecule has 1 amide bonds.